The third-order valence-corrected chi connectivity index (χ3v) is 4.75. The molecule has 3 rings (SSSR count). The van der Waals surface area contributed by atoms with E-state index in [-0.39, 0.29) is 11.9 Å². The van der Waals surface area contributed by atoms with E-state index in [1.807, 2.05) is 61.5 Å². The first kappa shape index (κ1) is 21.5. The van der Waals surface area contributed by atoms with Crippen LogP contribution in [0, 0.1) is 0 Å². The summed E-state index contributed by atoms with van der Waals surface area (Å²) in [5.74, 6) is 1.89. The number of methoxy groups -OCH3 is 1. The Balaban J connectivity index is 1.51. The molecule has 0 heterocycles. The van der Waals surface area contributed by atoms with Gasteiger partial charge in [0.25, 0.3) is 5.91 Å². The van der Waals surface area contributed by atoms with Crippen molar-refractivity contribution in [2.45, 2.75) is 19.6 Å². The Labute approximate surface area is 181 Å². The highest BCUT2D eigenvalue weighted by Crippen LogP contribution is 2.20. The van der Waals surface area contributed by atoms with E-state index in [2.05, 4.69) is 5.32 Å². The summed E-state index contributed by atoms with van der Waals surface area (Å²) in [5, 5.41) is 3.58. The van der Waals surface area contributed by atoms with Gasteiger partial charge < -0.3 is 19.5 Å². The quantitative estimate of drug-likeness (QED) is 0.516. The number of hydrogen-bond acceptors (Lipinski definition) is 4. The van der Waals surface area contributed by atoms with Gasteiger partial charge >= 0.3 is 0 Å². The summed E-state index contributed by atoms with van der Waals surface area (Å²) < 4.78 is 16.6. The highest BCUT2D eigenvalue weighted by atomic mass is 35.5. The fraction of sp³-hybridized carbons (Fsp3) is 0.208. The molecule has 0 saturated heterocycles. The summed E-state index contributed by atoms with van der Waals surface area (Å²) in [5.41, 5.74) is 1.40. The fourth-order valence-corrected chi connectivity index (χ4v) is 2.94. The number of hydrogen-bond donors (Lipinski definition) is 1. The van der Waals surface area contributed by atoms with Crippen LogP contribution in [0.3, 0.4) is 0 Å². The number of ether oxygens (including phenoxy) is 3. The van der Waals surface area contributed by atoms with Crippen LogP contribution in [0.4, 0.5) is 0 Å². The molecule has 1 atom stereocenters. The van der Waals surface area contributed by atoms with E-state index in [0.29, 0.717) is 35.3 Å². The lowest BCUT2D eigenvalue weighted by molar-refractivity contribution is 0.0926. The number of benzene rings is 3. The van der Waals surface area contributed by atoms with Crippen molar-refractivity contribution >= 4 is 17.5 Å². The molecule has 0 bridgehead atoms. The molecule has 0 spiro atoms. The van der Waals surface area contributed by atoms with Crippen LogP contribution in [-0.2, 0) is 6.61 Å². The molecule has 0 radical (unpaired) electrons. The topological polar surface area (TPSA) is 56.8 Å². The molecule has 156 valence electrons. The second-order valence-electron chi connectivity index (χ2n) is 6.77. The lowest BCUT2D eigenvalue weighted by Crippen LogP contribution is -2.36. The Kier molecular flexibility index (Phi) is 7.57. The molecule has 0 aliphatic heterocycles. The first-order valence-corrected chi connectivity index (χ1v) is 9.97. The van der Waals surface area contributed by atoms with Crippen LogP contribution in [0.15, 0.2) is 72.8 Å². The zero-order valence-electron chi connectivity index (χ0n) is 16.9. The molecule has 30 heavy (non-hydrogen) atoms. The summed E-state index contributed by atoms with van der Waals surface area (Å²) in [4.78, 5) is 12.6. The standard InChI is InChI=1S/C24H24ClNO4/c1-17(15-29-21-12-10-20(28-2)11-13-21)26-24(27)18-7-5-8-22(14-18)30-16-19-6-3-4-9-23(19)25/h3-14,17H,15-16H2,1-2H3,(H,26,27). The molecule has 1 N–H and O–H groups in total. The normalized spacial score (nSPS) is 11.4. The van der Waals surface area contributed by atoms with Gasteiger partial charge in [-0.2, -0.15) is 0 Å². The van der Waals surface area contributed by atoms with Gasteiger partial charge in [0.05, 0.1) is 13.2 Å². The molecule has 3 aromatic rings. The minimum absolute atomic E-state index is 0.174. The zero-order valence-corrected chi connectivity index (χ0v) is 17.7. The van der Waals surface area contributed by atoms with Crippen molar-refractivity contribution in [1.29, 1.82) is 0 Å². The van der Waals surface area contributed by atoms with Crippen LogP contribution in [0.25, 0.3) is 0 Å². The van der Waals surface area contributed by atoms with E-state index in [4.69, 9.17) is 25.8 Å². The molecule has 5 nitrogen and oxygen atoms in total. The van der Waals surface area contributed by atoms with E-state index >= 15 is 0 Å². The van der Waals surface area contributed by atoms with E-state index < -0.39 is 0 Å². The molecule has 6 heteroatoms. The number of carbonyl (C=O) groups is 1. The van der Waals surface area contributed by atoms with Crippen molar-refractivity contribution in [2.75, 3.05) is 13.7 Å². The largest absolute Gasteiger partial charge is 0.497 e. The second kappa shape index (κ2) is 10.6. The molecule has 0 saturated carbocycles. The van der Waals surface area contributed by atoms with Crippen LogP contribution in [0.1, 0.15) is 22.8 Å². The molecular formula is C24H24ClNO4. The fourth-order valence-electron chi connectivity index (χ4n) is 2.75. The van der Waals surface area contributed by atoms with E-state index in [1.54, 1.807) is 25.3 Å². The molecule has 0 aromatic heterocycles. The van der Waals surface area contributed by atoms with Crippen molar-refractivity contribution in [3.8, 4) is 17.2 Å². The minimum Gasteiger partial charge on any atom is -0.497 e. The van der Waals surface area contributed by atoms with Crippen molar-refractivity contribution in [1.82, 2.24) is 5.32 Å². The highest BCUT2D eigenvalue weighted by Gasteiger charge is 2.12. The van der Waals surface area contributed by atoms with Gasteiger partial charge in [-0.3, -0.25) is 4.79 Å². The summed E-state index contributed by atoms with van der Waals surface area (Å²) in [7, 11) is 1.62. The smallest absolute Gasteiger partial charge is 0.251 e. The maximum absolute atomic E-state index is 12.6. The van der Waals surface area contributed by atoms with Crippen molar-refractivity contribution < 1.29 is 19.0 Å². The number of nitrogens with one attached hydrogen (secondary N) is 1. The SMILES string of the molecule is COc1ccc(OCC(C)NC(=O)c2cccc(OCc3ccccc3Cl)c2)cc1. The molecule has 1 unspecified atom stereocenters. The molecule has 0 aliphatic carbocycles. The molecule has 0 aliphatic rings. The van der Waals surface area contributed by atoms with Gasteiger partial charge in [0.1, 0.15) is 30.5 Å². The van der Waals surface area contributed by atoms with Gasteiger partial charge in [0.2, 0.25) is 0 Å². The number of rotatable bonds is 9. The van der Waals surface area contributed by atoms with Crippen molar-refractivity contribution in [3.63, 3.8) is 0 Å². The third kappa shape index (κ3) is 6.16. The highest BCUT2D eigenvalue weighted by molar-refractivity contribution is 6.31. The Morgan fingerprint density at radius 2 is 1.67 bits per heavy atom. The van der Waals surface area contributed by atoms with Crippen molar-refractivity contribution in [2.24, 2.45) is 0 Å². The van der Waals surface area contributed by atoms with Gasteiger partial charge in [0, 0.05) is 16.1 Å². The molecule has 0 fully saturated rings. The van der Waals surface area contributed by atoms with Crippen LogP contribution < -0.4 is 19.5 Å². The lowest BCUT2D eigenvalue weighted by Gasteiger charge is -2.16. The summed E-state index contributed by atoms with van der Waals surface area (Å²) in [6.45, 7) is 2.57. The second-order valence-corrected chi connectivity index (χ2v) is 7.18. The zero-order chi connectivity index (χ0) is 21.3. The Bertz CT molecular complexity index is 975. The molecule has 1 amide bonds. The maximum Gasteiger partial charge on any atom is 0.251 e. The summed E-state index contributed by atoms with van der Waals surface area (Å²) in [6.07, 6.45) is 0. The number of carbonyl (C=O) groups excluding carboxylic acids is 1. The molecule has 3 aromatic carbocycles. The number of halogens is 1. The van der Waals surface area contributed by atoms with E-state index in [9.17, 15) is 4.79 Å². The van der Waals surface area contributed by atoms with Gasteiger partial charge in [-0.05, 0) is 55.5 Å². The monoisotopic (exact) mass is 425 g/mol. The Morgan fingerprint density at radius 1 is 0.933 bits per heavy atom. The van der Waals surface area contributed by atoms with Gasteiger partial charge in [-0.25, -0.2) is 0 Å². The van der Waals surface area contributed by atoms with Crippen LogP contribution in [-0.4, -0.2) is 25.7 Å². The van der Waals surface area contributed by atoms with Gasteiger partial charge in [-0.15, -0.1) is 0 Å². The van der Waals surface area contributed by atoms with Crippen molar-refractivity contribution in [3.05, 3.63) is 88.9 Å². The van der Waals surface area contributed by atoms with Crippen LogP contribution >= 0.6 is 11.6 Å². The third-order valence-electron chi connectivity index (χ3n) is 4.39. The average molecular weight is 426 g/mol. The first-order chi connectivity index (χ1) is 14.5. The Hall–Kier alpha value is -3.18. The van der Waals surface area contributed by atoms with Gasteiger partial charge in [0.15, 0.2) is 0 Å². The van der Waals surface area contributed by atoms with Gasteiger partial charge in [-0.1, -0.05) is 35.9 Å². The van der Waals surface area contributed by atoms with E-state index in [0.717, 1.165) is 11.3 Å². The average Bonchev–Trinajstić information content (AvgIpc) is 2.77. The lowest BCUT2D eigenvalue weighted by atomic mass is 10.2. The van der Waals surface area contributed by atoms with E-state index in [1.165, 1.54) is 0 Å². The maximum atomic E-state index is 12.6. The Morgan fingerprint density at radius 3 is 2.40 bits per heavy atom. The van der Waals surface area contributed by atoms with Crippen LogP contribution in [0.5, 0.6) is 17.2 Å². The van der Waals surface area contributed by atoms with Crippen LogP contribution in [0.2, 0.25) is 5.02 Å². The minimum atomic E-state index is -0.191. The summed E-state index contributed by atoms with van der Waals surface area (Å²) >= 11 is 6.16. The number of amides is 1. The molecular weight excluding hydrogens is 402 g/mol. The first-order valence-electron chi connectivity index (χ1n) is 9.59. The predicted octanol–water partition coefficient (Wildman–Crippen LogP) is 5.12. The summed E-state index contributed by atoms with van der Waals surface area (Å²) in [6, 6.07) is 21.7. The predicted molar refractivity (Wildman–Crippen MR) is 118 cm³/mol.